The van der Waals surface area contributed by atoms with Crippen molar-refractivity contribution in [2.24, 2.45) is 0 Å². The highest BCUT2D eigenvalue weighted by Crippen LogP contribution is 2.36. The highest BCUT2D eigenvalue weighted by atomic mass is 79.9. The first-order valence-corrected chi connectivity index (χ1v) is 8.96. The molecule has 2 aromatic rings. The number of nitrogens with one attached hydrogen (secondary N) is 1. The van der Waals surface area contributed by atoms with Crippen LogP contribution in [0.3, 0.4) is 0 Å². The molecule has 2 rings (SSSR count). The second-order valence-corrected chi connectivity index (χ2v) is 7.31. The number of halogens is 4. The van der Waals surface area contributed by atoms with Crippen molar-refractivity contribution in [3.8, 4) is 0 Å². The maximum Gasteiger partial charge on any atom is 0.129 e. The van der Waals surface area contributed by atoms with Crippen LogP contribution in [0.15, 0.2) is 43.7 Å². The van der Waals surface area contributed by atoms with Gasteiger partial charge in [0.25, 0.3) is 0 Å². The van der Waals surface area contributed by atoms with Gasteiger partial charge in [-0.05, 0) is 48.9 Å². The molecule has 0 bridgehead atoms. The largest absolute Gasteiger partial charge is 0.306 e. The normalized spacial score (nSPS) is 12.5. The molecule has 2 aromatic carbocycles. The predicted molar refractivity (Wildman–Crippen MR) is 96.2 cm³/mol. The molecule has 0 aliphatic carbocycles. The van der Waals surface area contributed by atoms with E-state index in [0.29, 0.717) is 5.56 Å². The fraction of sp³-hybridized carbons (Fsp3) is 0.250. The van der Waals surface area contributed by atoms with Crippen molar-refractivity contribution in [1.82, 2.24) is 5.32 Å². The third-order valence-electron chi connectivity index (χ3n) is 3.29. The lowest BCUT2D eigenvalue weighted by Gasteiger charge is -2.23. The molecule has 0 saturated carbocycles. The first-order valence-electron chi connectivity index (χ1n) is 6.58. The lowest BCUT2D eigenvalue weighted by Crippen LogP contribution is -2.24. The zero-order valence-corrected chi connectivity index (χ0v) is 16.4. The zero-order chi connectivity index (χ0) is 15.6. The number of aryl methyl sites for hydroxylation is 1. The molecule has 21 heavy (non-hydrogen) atoms. The molecular weight excluding hydrogens is 465 g/mol. The van der Waals surface area contributed by atoms with Gasteiger partial charge < -0.3 is 5.32 Å². The Morgan fingerprint density at radius 3 is 2.43 bits per heavy atom. The van der Waals surface area contributed by atoms with Crippen LogP contribution < -0.4 is 5.32 Å². The van der Waals surface area contributed by atoms with Gasteiger partial charge in [-0.2, -0.15) is 0 Å². The quantitative estimate of drug-likeness (QED) is 0.557. The molecule has 1 atom stereocenters. The Balaban J connectivity index is 2.62. The van der Waals surface area contributed by atoms with Crippen LogP contribution >= 0.6 is 47.8 Å². The van der Waals surface area contributed by atoms with Gasteiger partial charge in [-0.15, -0.1) is 0 Å². The molecule has 0 fully saturated rings. The Hall–Kier alpha value is -0.230. The molecule has 5 heteroatoms. The van der Waals surface area contributed by atoms with Crippen LogP contribution in [0, 0.1) is 12.7 Å². The molecule has 0 aliphatic heterocycles. The van der Waals surface area contributed by atoms with Crippen molar-refractivity contribution >= 4 is 47.8 Å². The first kappa shape index (κ1) is 17.1. The highest BCUT2D eigenvalue weighted by molar-refractivity contribution is 9.11. The Kier molecular flexibility index (Phi) is 6.00. The molecule has 1 unspecified atom stereocenters. The summed E-state index contributed by atoms with van der Waals surface area (Å²) in [6.07, 6.45) is 0. The lowest BCUT2D eigenvalue weighted by atomic mass is 9.97. The van der Waals surface area contributed by atoms with Crippen LogP contribution in [-0.4, -0.2) is 6.54 Å². The van der Waals surface area contributed by atoms with Gasteiger partial charge in [0.1, 0.15) is 5.82 Å². The Morgan fingerprint density at radius 1 is 1.10 bits per heavy atom. The van der Waals surface area contributed by atoms with Crippen molar-refractivity contribution in [3.05, 3.63) is 66.3 Å². The summed E-state index contributed by atoms with van der Waals surface area (Å²) in [7, 11) is 0. The van der Waals surface area contributed by atoms with E-state index < -0.39 is 0 Å². The summed E-state index contributed by atoms with van der Waals surface area (Å²) in [4.78, 5) is 0. The lowest BCUT2D eigenvalue weighted by molar-refractivity contribution is 0.555. The molecule has 0 heterocycles. The number of hydrogen-bond acceptors (Lipinski definition) is 1. The van der Waals surface area contributed by atoms with Crippen molar-refractivity contribution in [3.63, 3.8) is 0 Å². The third kappa shape index (κ3) is 3.76. The van der Waals surface area contributed by atoms with E-state index in [0.717, 1.165) is 31.1 Å². The molecule has 0 aromatic heterocycles. The third-order valence-corrected chi connectivity index (χ3v) is 5.52. The van der Waals surface area contributed by atoms with Crippen LogP contribution in [0.1, 0.15) is 29.7 Å². The van der Waals surface area contributed by atoms with Crippen molar-refractivity contribution in [2.45, 2.75) is 19.9 Å². The molecule has 0 radical (unpaired) electrons. The van der Waals surface area contributed by atoms with E-state index in [1.807, 2.05) is 32.0 Å². The summed E-state index contributed by atoms with van der Waals surface area (Å²) in [5.74, 6) is -0.223. The average Bonchev–Trinajstić information content (AvgIpc) is 2.42. The standard InChI is InChI=1S/C16H15Br3FN/c1-3-21-16(15-11(17)5-4-6-14(15)20)10-8-12(18)9(2)7-13(10)19/h4-8,16,21H,3H2,1-2H3. The fourth-order valence-corrected chi connectivity index (χ4v) is 3.86. The number of benzene rings is 2. The summed E-state index contributed by atoms with van der Waals surface area (Å²) in [6.45, 7) is 4.78. The van der Waals surface area contributed by atoms with Gasteiger partial charge in [0.2, 0.25) is 0 Å². The van der Waals surface area contributed by atoms with E-state index >= 15 is 0 Å². The smallest absolute Gasteiger partial charge is 0.129 e. The predicted octanol–water partition coefficient (Wildman–Crippen LogP) is 6.12. The molecule has 0 saturated heterocycles. The van der Waals surface area contributed by atoms with Gasteiger partial charge in [-0.25, -0.2) is 4.39 Å². The van der Waals surface area contributed by atoms with Crippen LogP contribution in [-0.2, 0) is 0 Å². The van der Waals surface area contributed by atoms with E-state index in [1.54, 1.807) is 6.07 Å². The minimum atomic E-state index is -0.225. The van der Waals surface area contributed by atoms with E-state index in [1.165, 1.54) is 6.07 Å². The summed E-state index contributed by atoms with van der Waals surface area (Å²) in [5, 5.41) is 3.36. The maximum atomic E-state index is 14.3. The molecule has 0 aliphatic rings. The Morgan fingerprint density at radius 2 is 1.81 bits per heavy atom. The van der Waals surface area contributed by atoms with Crippen molar-refractivity contribution < 1.29 is 4.39 Å². The van der Waals surface area contributed by atoms with Gasteiger partial charge in [0.15, 0.2) is 0 Å². The van der Waals surface area contributed by atoms with Gasteiger partial charge in [0.05, 0.1) is 6.04 Å². The Bertz CT molecular complexity index is 638. The van der Waals surface area contributed by atoms with Crippen molar-refractivity contribution in [2.75, 3.05) is 6.54 Å². The summed E-state index contributed by atoms with van der Waals surface area (Å²) < 4.78 is 17.1. The topological polar surface area (TPSA) is 12.0 Å². The van der Waals surface area contributed by atoms with Crippen LogP contribution in [0.4, 0.5) is 4.39 Å². The second kappa shape index (κ2) is 7.36. The van der Waals surface area contributed by atoms with E-state index in [-0.39, 0.29) is 11.9 Å². The summed E-state index contributed by atoms with van der Waals surface area (Å²) in [6, 6.07) is 8.90. The molecule has 1 nitrogen and oxygen atoms in total. The SMILES string of the molecule is CCNC(c1cc(Br)c(C)cc1Br)c1c(F)cccc1Br. The zero-order valence-electron chi connectivity index (χ0n) is 11.7. The molecule has 112 valence electrons. The summed E-state index contributed by atoms with van der Waals surface area (Å²) in [5.41, 5.74) is 2.75. The monoisotopic (exact) mass is 477 g/mol. The van der Waals surface area contributed by atoms with Crippen LogP contribution in [0.2, 0.25) is 0 Å². The molecule has 1 N–H and O–H groups in total. The Labute approximate surface area is 149 Å². The maximum absolute atomic E-state index is 14.3. The minimum Gasteiger partial charge on any atom is -0.306 e. The van der Waals surface area contributed by atoms with E-state index in [9.17, 15) is 4.39 Å². The molecule has 0 amide bonds. The van der Waals surface area contributed by atoms with Gasteiger partial charge in [0, 0.05) is 19.0 Å². The number of rotatable bonds is 4. The van der Waals surface area contributed by atoms with Crippen LogP contribution in [0.5, 0.6) is 0 Å². The van der Waals surface area contributed by atoms with Gasteiger partial charge in [-0.3, -0.25) is 0 Å². The van der Waals surface area contributed by atoms with E-state index in [2.05, 4.69) is 53.1 Å². The fourth-order valence-electron chi connectivity index (χ4n) is 2.24. The average molecular weight is 480 g/mol. The minimum absolute atomic E-state index is 0.223. The van der Waals surface area contributed by atoms with Crippen molar-refractivity contribution in [1.29, 1.82) is 0 Å². The number of hydrogen-bond donors (Lipinski definition) is 1. The first-order chi connectivity index (χ1) is 9.95. The van der Waals surface area contributed by atoms with Gasteiger partial charge in [-0.1, -0.05) is 60.8 Å². The summed E-state index contributed by atoms with van der Waals surface area (Å²) >= 11 is 10.6. The highest BCUT2D eigenvalue weighted by Gasteiger charge is 2.22. The second-order valence-electron chi connectivity index (χ2n) is 4.75. The molecule has 0 spiro atoms. The molecular formula is C16H15Br3FN. The van der Waals surface area contributed by atoms with Crippen LogP contribution in [0.25, 0.3) is 0 Å². The van der Waals surface area contributed by atoms with Gasteiger partial charge >= 0.3 is 0 Å². The van der Waals surface area contributed by atoms with E-state index in [4.69, 9.17) is 0 Å².